The van der Waals surface area contributed by atoms with E-state index in [0.717, 1.165) is 6.07 Å². The third-order valence-corrected chi connectivity index (χ3v) is 4.85. The molecule has 2 aromatic heterocycles. The first-order valence-corrected chi connectivity index (χ1v) is 9.33. The number of alkyl halides is 3. The molecule has 2 amide bonds. The largest absolute Gasteiger partial charge is 0.417 e. The molecule has 3 heterocycles. The molecule has 29 heavy (non-hydrogen) atoms. The Morgan fingerprint density at radius 2 is 2.07 bits per heavy atom. The zero-order chi connectivity index (χ0) is 21.0. The van der Waals surface area contributed by atoms with Crippen molar-refractivity contribution in [1.29, 1.82) is 0 Å². The fourth-order valence-electron chi connectivity index (χ4n) is 2.26. The summed E-state index contributed by atoms with van der Waals surface area (Å²) in [5.41, 5.74) is 3.58. The predicted octanol–water partition coefficient (Wildman–Crippen LogP) is 2.83. The van der Waals surface area contributed by atoms with Crippen LogP contribution in [0.25, 0.3) is 0 Å². The molecule has 1 atom stereocenters. The number of carbonyl (C=O) groups excluding carboxylic acids is 2. The number of anilines is 1. The van der Waals surface area contributed by atoms with Gasteiger partial charge in [-0.1, -0.05) is 22.8 Å². The number of amides is 2. The number of nitrogens with zero attached hydrogens (tertiary/aromatic N) is 2. The number of pyridine rings is 1. The van der Waals surface area contributed by atoms with Crippen LogP contribution in [-0.4, -0.2) is 35.2 Å². The summed E-state index contributed by atoms with van der Waals surface area (Å²) in [5.74, 6) is -1.05. The second-order valence-corrected chi connectivity index (χ2v) is 7.14. The van der Waals surface area contributed by atoms with Gasteiger partial charge < -0.3 is 10.2 Å². The van der Waals surface area contributed by atoms with Gasteiger partial charge >= 0.3 is 6.18 Å². The number of rotatable bonds is 5. The molecule has 0 saturated heterocycles. The van der Waals surface area contributed by atoms with Gasteiger partial charge in [-0.25, -0.2) is 4.98 Å². The van der Waals surface area contributed by atoms with Crippen LogP contribution in [-0.2, 0) is 15.8 Å². The predicted molar refractivity (Wildman–Crippen MR) is 99.6 cm³/mol. The van der Waals surface area contributed by atoms with Gasteiger partial charge in [-0.2, -0.15) is 13.2 Å². The first kappa shape index (κ1) is 20.9. The molecule has 0 aliphatic carbocycles. The molecule has 0 bridgehead atoms. The highest BCUT2D eigenvalue weighted by molar-refractivity contribution is 7.12. The van der Waals surface area contributed by atoms with Gasteiger partial charge in [0.2, 0.25) is 0 Å². The van der Waals surface area contributed by atoms with Gasteiger partial charge in [0.1, 0.15) is 11.5 Å². The van der Waals surface area contributed by atoms with Crippen LogP contribution < -0.4 is 16.2 Å². The van der Waals surface area contributed by atoms with Crippen LogP contribution in [0, 0.1) is 0 Å². The third kappa shape index (κ3) is 5.35. The van der Waals surface area contributed by atoms with Crippen LogP contribution in [0.2, 0.25) is 5.02 Å². The molecule has 154 valence electrons. The summed E-state index contributed by atoms with van der Waals surface area (Å²) < 4.78 is 37.9. The summed E-state index contributed by atoms with van der Waals surface area (Å²) in [6, 6.07) is 4.06. The van der Waals surface area contributed by atoms with E-state index >= 15 is 0 Å². The highest BCUT2D eigenvalue weighted by Crippen LogP contribution is 2.32. The first-order chi connectivity index (χ1) is 13.7. The molecule has 0 radical (unpaired) electrons. The molecule has 13 heteroatoms. The lowest BCUT2D eigenvalue weighted by atomic mass is 10.1. The van der Waals surface area contributed by atoms with Crippen LogP contribution in [0.1, 0.15) is 21.7 Å². The number of hydrogen-bond acceptors (Lipinski definition) is 7. The maximum atomic E-state index is 12.6. The lowest BCUT2D eigenvalue weighted by Gasteiger charge is -2.13. The molecule has 3 rings (SSSR count). The Kier molecular flexibility index (Phi) is 6.23. The zero-order valence-corrected chi connectivity index (χ0v) is 16.0. The van der Waals surface area contributed by atoms with Gasteiger partial charge in [0, 0.05) is 12.6 Å². The average molecular weight is 448 g/mol. The maximum absolute atomic E-state index is 12.6. The summed E-state index contributed by atoms with van der Waals surface area (Å²) in [4.78, 5) is 33.0. The summed E-state index contributed by atoms with van der Waals surface area (Å²) in [5, 5.41) is 7.93. The molecule has 2 aromatic rings. The van der Waals surface area contributed by atoms with Crippen LogP contribution in [0.4, 0.5) is 19.0 Å². The minimum Gasteiger partial charge on any atom is -0.390 e. The van der Waals surface area contributed by atoms with Crippen molar-refractivity contribution in [3.05, 3.63) is 45.2 Å². The van der Waals surface area contributed by atoms with Crippen molar-refractivity contribution >= 4 is 46.3 Å². The summed E-state index contributed by atoms with van der Waals surface area (Å²) in [6.45, 7) is 0.0971. The Labute approximate surface area is 171 Å². The smallest absolute Gasteiger partial charge is 0.390 e. The number of oxime groups is 1. The number of halogens is 4. The molecule has 0 saturated carbocycles. The minimum absolute atomic E-state index is 0.0457. The van der Waals surface area contributed by atoms with E-state index in [9.17, 15) is 22.8 Å². The number of hydrazine groups is 1. The number of aromatic nitrogens is 1. The molecule has 8 nitrogen and oxygen atoms in total. The number of thiophene rings is 1. The quantitative estimate of drug-likeness (QED) is 0.611. The Morgan fingerprint density at radius 3 is 2.72 bits per heavy atom. The molecule has 0 unspecified atom stereocenters. The van der Waals surface area contributed by atoms with Crippen LogP contribution in [0.5, 0.6) is 0 Å². The van der Waals surface area contributed by atoms with E-state index in [1.807, 2.05) is 0 Å². The third-order valence-electron chi connectivity index (χ3n) is 3.70. The van der Waals surface area contributed by atoms with Crippen molar-refractivity contribution in [1.82, 2.24) is 15.8 Å². The van der Waals surface area contributed by atoms with E-state index in [0.29, 0.717) is 11.1 Å². The fourth-order valence-corrected chi connectivity index (χ4v) is 3.11. The Hall–Kier alpha value is -2.86. The SMILES string of the molecule is O=C(NNC(=O)c1cccs1)C1=NO[C@@H](CNc2ncc(C(F)(F)F)cc2Cl)C1. The normalized spacial score (nSPS) is 16.0. The first-order valence-electron chi connectivity index (χ1n) is 8.07. The van der Waals surface area contributed by atoms with Gasteiger partial charge in [-0.3, -0.25) is 20.4 Å². The molecule has 3 N–H and O–H groups in total. The fraction of sp³-hybridized carbons (Fsp3) is 0.250. The van der Waals surface area contributed by atoms with E-state index in [-0.39, 0.29) is 29.5 Å². The second-order valence-electron chi connectivity index (χ2n) is 5.79. The van der Waals surface area contributed by atoms with Crippen molar-refractivity contribution in [2.24, 2.45) is 5.16 Å². The van der Waals surface area contributed by atoms with E-state index in [1.165, 1.54) is 11.3 Å². The second kappa shape index (κ2) is 8.66. The molecular weight excluding hydrogens is 435 g/mol. The highest BCUT2D eigenvalue weighted by atomic mass is 35.5. The minimum atomic E-state index is -4.54. The van der Waals surface area contributed by atoms with E-state index in [1.54, 1.807) is 17.5 Å². The van der Waals surface area contributed by atoms with Gasteiger partial charge in [0.25, 0.3) is 11.8 Å². The monoisotopic (exact) mass is 447 g/mol. The Balaban J connectivity index is 1.46. The molecule has 1 aliphatic heterocycles. The zero-order valence-electron chi connectivity index (χ0n) is 14.4. The van der Waals surface area contributed by atoms with Gasteiger partial charge in [0.15, 0.2) is 6.10 Å². The van der Waals surface area contributed by atoms with E-state index in [4.69, 9.17) is 16.4 Å². The van der Waals surface area contributed by atoms with Gasteiger partial charge in [0.05, 0.1) is 22.0 Å². The van der Waals surface area contributed by atoms with Crippen LogP contribution in [0.3, 0.4) is 0 Å². The number of hydrogen-bond donors (Lipinski definition) is 3. The van der Waals surface area contributed by atoms with E-state index in [2.05, 4.69) is 26.3 Å². The molecule has 0 aromatic carbocycles. The topological polar surface area (TPSA) is 105 Å². The van der Waals surface area contributed by atoms with Crippen molar-refractivity contribution < 1.29 is 27.6 Å². The average Bonchev–Trinajstić information content (AvgIpc) is 3.36. The van der Waals surface area contributed by atoms with Crippen molar-refractivity contribution in [3.8, 4) is 0 Å². The number of nitrogens with one attached hydrogen (secondary N) is 3. The Morgan fingerprint density at radius 1 is 1.31 bits per heavy atom. The van der Waals surface area contributed by atoms with Crippen molar-refractivity contribution in [2.75, 3.05) is 11.9 Å². The number of carbonyl (C=O) groups is 2. The Bertz CT molecular complexity index is 936. The van der Waals surface area contributed by atoms with Crippen molar-refractivity contribution in [2.45, 2.75) is 18.7 Å². The van der Waals surface area contributed by atoms with E-state index < -0.39 is 29.7 Å². The lowest BCUT2D eigenvalue weighted by molar-refractivity contribution is -0.137. The summed E-state index contributed by atoms with van der Waals surface area (Å²) in [7, 11) is 0. The molecule has 0 fully saturated rings. The van der Waals surface area contributed by atoms with Crippen molar-refractivity contribution in [3.63, 3.8) is 0 Å². The molecular formula is C16H13ClF3N5O3S. The summed E-state index contributed by atoms with van der Waals surface area (Å²) in [6.07, 6.45) is -4.33. The van der Waals surface area contributed by atoms with Crippen LogP contribution >= 0.6 is 22.9 Å². The van der Waals surface area contributed by atoms with Gasteiger partial charge in [-0.15, -0.1) is 11.3 Å². The highest BCUT2D eigenvalue weighted by Gasteiger charge is 2.32. The molecule has 0 spiro atoms. The van der Waals surface area contributed by atoms with Crippen LogP contribution in [0.15, 0.2) is 34.9 Å². The lowest BCUT2D eigenvalue weighted by Crippen LogP contribution is -2.44. The maximum Gasteiger partial charge on any atom is 0.417 e. The van der Waals surface area contributed by atoms with Gasteiger partial charge in [-0.05, 0) is 17.5 Å². The standard InChI is InChI=1S/C16H13ClF3N5O3S/c17-10-4-8(16(18,19)20)6-21-13(10)22-7-9-5-11(25-28-9)14(26)23-24-15(27)12-2-1-3-29-12/h1-4,6,9H,5,7H2,(H,21,22)(H,23,26)(H,24,27)/t9-/m1/s1. The summed E-state index contributed by atoms with van der Waals surface area (Å²) >= 11 is 7.03. The molecule has 1 aliphatic rings.